The van der Waals surface area contributed by atoms with Gasteiger partial charge in [0.1, 0.15) is 0 Å². The maximum absolute atomic E-state index is 11.8. The molecule has 1 N–H and O–H groups in total. The first kappa shape index (κ1) is 13.6. The molecule has 1 amide bonds. The van der Waals surface area contributed by atoms with Gasteiger partial charge in [-0.2, -0.15) is 0 Å². The van der Waals surface area contributed by atoms with Crippen LogP contribution in [0, 0.1) is 5.41 Å². The standard InChI is InChI=1S/C15H19NO3/c1-15(14(18)19)9-12(15)11-7-5-4-6-10(11)8-13(17)16(2)3/h4-7,12H,8-9H2,1-3H3,(H,18,19). The van der Waals surface area contributed by atoms with E-state index in [0.717, 1.165) is 11.1 Å². The summed E-state index contributed by atoms with van der Waals surface area (Å²) in [5.41, 5.74) is 1.27. The molecule has 0 aromatic heterocycles. The average molecular weight is 261 g/mol. The van der Waals surface area contributed by atoms with Crippen molar-refractivity contribution in [2.24, 2.45) is 5.41 Å². The molecular weight excluding hydrogens is 242 g/mol. The Morgan fingerprint density at radius 2 is 2.00 bits per heavy atom. The molecule has 1 aromatic rings. The summed E-state index contributed by atoms with van der Waals surface area (Å²) in [4.78, 5) is 24.6. The zero-order valence-corrected chi connectivity index (χ0v) is 11.5. The van der Waals surface area contributed by atoms with E-state index in [-0.39, 0.29) is 11.8 Å². The Hall–Kier alpha value is -1.84. The molecule has 102 valence electrons. The van der Waals surface area contributed by atoms with Gasteiger partial charge in [0, 0.05) is 20.0 Å². The van der Waals surface area contributed by atoms with Crippen molar-refractivity contribution in [2.45, 2.75) is 25.7 Å². The highest BCUT2D eigenvalue weighted by Gasteiger charge is 2.57. The van der Waals surface area contributed by atoms with Crippen LogP contribution in [0.25, 0.3) is 0 Å². The lowest BCUT2D eigenvalue weighted by molar-refractivity contribution is -0.142. The average Bonchev–Trinajstić information content (AvgIpc) is 3.03. The largest absolute Gasteiger partial charge is 0.481 e. The number of carbonyl (C=O) groups excluding carboxylic acids is 1. The molecule has 0 spiro atoms. The van der Waals surface area contributed by atoms with Gasteiger partial charge < -0.3 is 10.0 Å². The summed E-state index contributed by atoms with van der Waals surface area (Å²) in [5.74, 6) is -0.701. The molecule has 2 atom stereocenters. The van der Waals surface area contributed by atoms with Crippen molar-refractivity contribution in [2.75, 3.05) is 14.1 Å². The highest BCUT2D eigenvalue weighted by molar-refractivity contribution is 5.81. The van der Waals surface area contributed by atoms with Gasteiger partial charge in [0.05, 0.1) is 11.8 Å². The van der Waals surface area contributed by atoms with Crippen molar-refractivity contribution >= 4 is 11.9 Å². The summed E-state index contributed by atoms with van der Waals surface area (Å²) in [6.45, 7) is 1.77. The van der Waals surface area contributed by atoms with Crippen molar-refractivity contribution in [1.29, 1.82) is 0 Å². The van der Waals surface area contributed by atoms with Crippen molar-refractivity contribution < 1.29 is 14.7 Å². The number of benzene rings is 1. The van der Waals surface area contributed by atoms with Gasteiger partial charge >= 0.3 is 5.97 Å². The number of aliphatic carboxylic acids is 1. The van der Waals surface area contributed by atoms with Crippen LogP contribution in [0.4, 0.5) is 0 Å². The lowest BCUT2D eigenvalue weighted by Gasteiger charge is -2.14. The van der Waals surface area contributed by atoms with E-state index in [1.165, 1.54) is 0 Å². The van der Waals surface area contributed by atoms with E-state index in [0.29, 0.717) is 12.8 Å². The molecule has 1 aliphatic carbocycles. The van der Waals surface area contributed by atoms with E-state index < -0.39 is 11.4 Å². The first-order valence-electron chi connectivity index (χ1n) is 6.37. The first-order chi connectivity index (χ1) is 8.86. The molecule has 0 heterocycles. The number of amides is 1. The van der Waals surface area contributed by atoms with Gasteiger partial charge in [-0.3, -0.25) is 9.59 Å². The number of rotatable bonds is 4. The predicted molar refractivity (Wildman–Crippen MR) is 71.9 cm³/mol. The van der Waals surface area contributed by atoms with Crippen LogP contribution in [0.2, 0.25) is 0 Å². The molecule has 0 aliphatic heterocycles. The summed E-state index contributed by atoms with van der Waals surface area (Å²) in [6, 6.07) is 7.65. The van der Waals surface area contributed by atoms with E-state index >= 15 is 0 Å². The second-order valence-electron chi connectivity index (χ2n) is 5.64. The zero-order chi connectivity index (χ0) is 14.2. The maximum Gasteiger partial charge on any atom is 0.309 e. The van der Waals surface area contributed by atoms with E-state index in [9.17, 15) is 14.7 Å². The lowest BCUT2D eigenvalue weighted by atomic mass is 9.95. The Bertz CT molecular complexity index is 524. The van der Waals surface area contributed by atoms with Gasteiger partial charge in [0.15, 0.2) is 0 Å². The molecule has 1 fully saturated rings. The minimum Gasteiger partial charge on any atom is -0.481 e. The van der Waals surface area contributed by atoms with Crippen LogP contribution in [-0.2, 0) is 16.0 Å². The summed E-state index contributed by atoms with van der Waals surface area (Å²) in [7, 11) is 3.45. The van der Waals surface area contributed by atoms with Gasteiger partial charge in [0.25, 0.3) is 0 Å². The van der Waals surface area contributed by atoms with Gasteiger partial charge in [0.2, 0.25) is 5.91 Å². The molecule has 4 nitrogen and oxygen atoms in total. The van der Waals surface area contributed by atoms with E-state index in [1.807, 2.05) is 24.3 Å². The topological polar surface area (TPSA) is 57.6 Å². The van der Waals surface area contributed by atoms with Crippen molar-refractivity contribution in [1.82, 2.24) is 4.90 Å². The second-order valence-corrected chi connectivity index (χ2v) is 5.64. The van der Waals surface area contributed by atoms with E-state index in [1.54, 1.807) is 25.9 Å². The van der Waals surface area contributed by atoms with Crippen LogP contribution in [-0.4, -0.2) is 36.0 Å². The fourth-order valence-electron chi connectivity index (χ4n) is 2.41. The highest BCUT2D eigenvalue weighted by atomic mass is 16.4. The van der Waals surface area contributed by atoms with E-state index in [4.69, 9.17) is 0 Å². The van der Waals surface area contributed by atoms with Crippen LogP contribution in [0.1, 0.15) is 30.4 Å². The van der Waals surface area contributed by atoms with Crippen LogP contribution >= 0.6 is 0 Å². The number of carbonyl (C=O) groups is 2. The molecule has 4 heteroatoms. The quantitative estimate of drug-likeness (QED) is 0.900. The maximum atomic E-state index is 11.8. The summed E-state index contributed by atoms with van der Waals surface area (Å²) >= 11 is 0. The zero-order valence-electron chi connectivity index (χ0n) is 11.5. The summed E-state index contributed by atoms with van der Waals surface area (Å²) in [6.07, 6.45) is 0.977. The Morgan fingerprint density at radius 3 is 2.53 bits per heavy atom. The molecule has 0 bridgehead atoms. The molecule has 0 saturated heterocycles. The molecule has 1 aliphatic rings. The number of carboxylic acid groups (broad SMARTS) is 1. The van der Waals surface area contributed by atoms with Gasteiger partial charge in [-0.15, -0.1) is 0 Å². The number of hydrogen-bond acceptors (Lipinski definition) is 2. The molecule has 1 saturated carbocycles. The number of likely N-dealkylation sites (N-methyl/N-ethyl adjacent to an activating group) is 1. The lowest BCUT2D eigenvalue weighted by Crippen LogP contribution is -2.24. The first-order valence-corrected chi connectivity index (χ1v) is 6.37. The third kappa shape index (κ3) is 2.48. The highest BCUT2D eigenvalue weighted by Crippen LogP contribution is 2.59. The fraction of sp³-hybridized carbons (Fsp3) is 0.467. The van der Waals surface area contributed by atoms with Crippen LogP contribution in [0.15, 0.2) is 24.3 Å². The molecule has 19 heavy (non-hydrogen) atoms. The molecule has 0 radical (unpaired) electrons. The van der Waals surface area contributed by atoms with Crippen molar-refractivity contribution in [3.05, 3.63) is 35.4 Å². The Kier molecular flexibility index (Phi) is 3.35. The SMILES string of the molecule is CN(C)C(=O)Cc1ccccc1C1CC1(C)C(=O)O. The van der Waals surface area contributed by atoms with Gasteiger partial charge in [-0.1, -0.05) is 24.3 Å². The molecule has 2 rings (SSSR count). The van der Waals surface area contributed by atoms with Crippen molar-refractivity contribution in [3.8, 4) is 0 Å². The van der Waals surface area contributed by atoms with Crippen LogP contribution in [0.5, 0.6) is 0 Å². The Balaban J connectivity index is 2.24. The normalized spacial score (nSPS) is 24.9. The summed E-state index contributed by atoms with van der Waals surface area (Å²) in [5, 5.41) is 9.23. The fourth-order valence-corrected chi connectivity index (χ4v) is 2.41. The van der Waals surface area contributed by atoms with Crippen LogP contribution in [0.3, 0.4) is 0 Å². The van der Waals surface area contributed by atoms with Gasteiger partial charge in [-0.05, 0) is 24.5 Å². The summed E-state index contributed by atoms with van der Waals surface area (Å²) < 4.78 is 0. The van der Waals surface area contributed by atoms with Crippen LogP contribution < -0.4 is 0 Å². The third-order valence-electron chi connectivity index (χ3n) is 4.00. The smallest absolute Gasteiger partial charge is 0.309 e. The minimum atomic E-state index is -0.758. The number of hydrogen-bond donors (Lipinski definition) is 1. The number of nitrogens with zero attached hydrogens (tertiary/aromatic N) is 1. The van der Waals surface area contributed by atoms with E-state index in [2.05, 4.69) is 0 Å². The van der Waals surface area contributed by atoms with Crippen molar-refractivity contribution in [3.63, 3.8) is 0 Å². The number of carboxylic acids is 1. The molecule has 2 unspecified atom stereocenters. The second kappa shape index (κ2) is 4.68. The third-order valence-corrected chi connectivity index (χ3v) is 4.00. The monoisotopic (exact) mass is 261 g/mol. The molecular formula is C15H19NO3. The minimum absolute atomic E-state index is 0.0242. The molecule has 1 aromatic carbocycles. The predicted octanol–water partition coefficient (Wildman–Crippen LogP) is 1.90. The Labute approximate surface area is 113 Å². The Morgan fingerprint density at radius 1 is 1.37 bits per heavy atom. The van der Waals surface area contributed by atoms with Gasteiger partial charge in [-0.25, -0.2) is 0 Å².